The first-order valence-electron chi connectivity index (χ1n) is 5.89. The number of allylic oxidation sites excluding steroid dienone is 1. The van der Waals surface area contributed by atoms with Gasteiger partial charge in [-0.15, -0.1) is 23.5 Å². The van der Waals surface area contributed by atoms with E-state index in [1.54, 1.807) is 12.2 Å². The Bertz CT molecular complexity index is 237. The Morgan fingerprint density at radius 3 is 3.00 bits per heavy atom. The zero-order chi connectivity index (χ0) is 12.3. The highest BCUT2D eigenvalue weighted by Gasteiger charge is 2.14. The van der Waals surface area contributed by atoms with Gasteiger partial charge in [-0.2, -0.15) is 11.8 Å². The van der Waals surface area contributed by atoms with Gasteiger partial charge in [0, 0.05) is 21.8 Å². The number of hydrogen-bond acceptors (Lipinski definition) is 5. The molecule has 98 valence electrons. The molecule has 0 aromatic carbocycles. The molecule has 1 fully saturated rings. The summed E-state index contributed by atoms with van der Waals surface area (Å²) in [6.07, 6.45) is 5.95. The molecule has 1 nitrogen and oxygen atoms in total. The number of carbonyl (C=O) groups excluding carboxylic acids is 1. The van der Waals surface area contributed by atoms with Crippen molar-refractivity contribution in [1.82, 2.24) is 0 Å². The molecule has 0 aromatic rings. The molecule has 0 amide bonds. The van der Waals surface area contributed by atoms with E-state index in [4.69, 9.17) is 0 Å². The Morgan fingerprint density at radius 1 is 1.41 bits per heavy atom. The van der Waals surface area contributed by atoms with Gasteiger partial charge in [0.15, 0.2) is 0 Å². The Labute approximate surface area is 122 Å². The number of hydrogen-bond donors (Lipinski definition) is 0. The molecule has 5 heteroatoms. The van der Waals surface area contributed by atoms with E-state index in [-0.39, 0.29) is 5.12 Å². The molecule has 0 bridgehead atoms. The number of carbonyl (C=O) groups is 1. The highest BCUT2D eigenvalue weighted by Crippen LogP contribution is 2.32. The van der Waals surface area contributed by atoms with Crippen LogP contribution in [-0.4, -0.2) is 38.5 Å². The SMILES string of the molecule is CC=CC(=O)SCCCSCCC1CSCS1. The van der Waals surface area contributed by atoms with E-state index in [2.05, 4.69) is 23.5 Å². The quantitative estimate of drug-likeness (QED) is 0.493. The molecule has 1 heterocycles. The first kappa shape index (κ1) is 15.9. The zero-order valence-electron chi connectivity index (χ0n) is 10.2. The maximum atomic E-state index is 11.2. The van der Waals surface area contributed by atoms with Crippen LogP contribution in [0.15, 0.2) is 12.2 Å². The average Bonchev–Trinajstić information content (AvgIpc) is 2.81. The summed E-state index contributed by atoms with van der Waals surface area (Å²) in [6, 6.07) is 0. The smallest absolute Gasteiger partial charge is 0.211 e. The summed E-state index contributed by atoms with van der Waals surface area (Å²) in [5.74, 6) is 4.79. The van der Waals surface area contributed by atoms with E-state index in [1.165, 1.54) is 40.5 Å². The molecule has 0 aromatic heterocycles. The van der Waals surface area contributed by atoms with Crippen molar-refractivity contribution in [2.75, 3.05) is 28.1 Å². The highest BCUT2D eigenvalue weighted by molar-refractivity contribution is 8.19. The van der Waals surface area contributed by atoms with Crippen LogP contribution in [0.1, 0.15) is 19.8 Å². The van der Waals surface area contributed by atoms with Crippen molar-refractivity contribution < 1.29 is 4.79 Å². The molecular formula is C12H20OS4. The first-order chi connectivity index (χ1) is 8.33. The van der Waals surface area contributed by atoms with E-state index >= 15 is 0 Å². The molecule has 1 aliphatic heterocycles. The summed E-state index contributed by atoms with van der Waals surface area (Å²) >= 11 is 7.66. The summed E-state index contributed by atoms with van der Waals surface area (Å²) in [5.41, 5.74) is 0. The molecule has 0 saturated carbocycles. The Kier molecular flexibility index (Phi) is 9.99. The Hall–Kier alpha value is 0.810. The first-order valence-corrected chi connectivity index (χ1v) is 10.2. The minimum absolute atomic E-state index is 0.192. The third-order valence-electron chi connectivity index (χ3n) is 2.26. The van der Waals surface area contributed by atoms with Crippen LogP contribution in [0.2, 0.25) is 0 Å². The second-order valence-corrected chi connectivity index (χ2v) is 8.71. The molecule has 1 saturated heterocycles. The molecule has 0 N–H and O–H groups in total. The van der Waals surface area contributed by atoms with E-state index in [9.17, 15) is 4.79 Å². The normalized spacial score (nSPS) is 20.2. The lowest BCUT2D eigenvalue weighted by molar-refractivity contribution is -0.107. The third-order valence-corrected chi connectivity index (χ3v) is 7.20. The fraction of sp³-hybridized carbons (Fsp3) is 0.750. The highest BCUT2D eigenvalue weighted by atomic mass is 32.2. The lowest BCUT2D eigenvalue weighted by Crippen LogP contribution is -2.02. The van der Waals surface area contributed by atoms with Gasteiger partial charge in [0.1, 0.15) is 0 Å². The average molecular weight is 309 g/mol. The Balaban J connectivity index is 1.82. The van der Waals surface area contributed by atoms with Gasteiger partial charge in [-0.1, -0.05) is 17.8 Å². The second-order valence-electron chi connectivity index (χ2n) is 3.70. The number of rotatable bonds is 8. The van der Waals surface area contributed by atoms with Gasteiger partial charge in [-0.3, -0.25) is 4.79 Å². The van der Waals surface area contributed by atoms with E-state index in [1.807, 2.05) is 18.7 Å². The second kappa shape index (κ2) is 10.7. The van der Waals surface area contributed by atoms with Gasteiger partial charge in [0.2, 0.25) is 5.12 Å². The molecular weight excluding hydrogens is 288 g/mol. The van der Waals surface area contributed by atoms with Gasteiger partial charge < -0.3 is 0 Å². The number of thioether (sulfide) groups is 4. The zero-order valence-corrected chi connectivity index (χ0v) is 13.5. The fourth-order valence-corrected chi connectivity index (χ4v) is 6.36. The predicted octanol–water partition coefficient (Wildman–Crippen LogP) is 4.14. The van der Waals surface area contributed by atoms with Crippen LogP contribution in [-0.2, 0) is 4.79 Å². The lowest BCUT2D eigenvalue weighted by atomic mass is 10.4. The van der Waals surface area contributed by atoms with Crippen molar-refractivity contribution in [2.45, 2.75) is 25.0 Å². The maximum absolute atomic E-state index is 11.2. The topological polar surface area (TPSA) is 17.1 Å². The summed E-state index contributed by atoms with van der Waals surface area (Å²) in [4.78, 5) is 11.2. The minimum atomic E-state index is 0.192. The molecule has 1 atom stereocenters. The van der Waals surface area contributed by atoms with Crippen molar-refractivity contribution in [1.29, 1.82) is 0 Å². The summed E-state index contributed by atoms with van der Waals surface area (Å²) in [5, 5.41) is 2.38. The molecule has 17 heavy (non-hydrogen) atoms. The predicted molar refractivity (Wildman–Crippen MR) is 87.5 cm³/mol. The van der Waals surface area contributed by atoms with Gasteiger partial charge >= 0.3 is 0 Å². The van der Waals surface area contributed by atoms with Crippen LogP contribution in [0, 0.1) is 0 Å². The van der Waals surface area contributed by atoms with E-state index in [0.29, 0.717) is 0 Å². The van der Waals surface area contributed by atoms with Crippen molar-refractivity contribution in [2.24, 2.45) is 0 Å². The van der Waals surface area contributed by atoms with Gasteiger partial charge in [-0.05, 0) is 37.3 Å². The van der Waals surface area contributed by atoms with Gasteiger partial charge in [0.05, 0.1) is 0 Å². The van der Waals surface area contributed by atoms with Crippen LogP contribution < -0.4 is 0 Å². The van der Waals surface area contributed by atoms with Crippen LogP contribution >= 0.6 is 47.0 Å². The standard InChI is InChI=1S/C12H20OS4/c1-2-4-12(13)16-7-3-6-14-8-5-11-9-15-10-17-11/h2,4,11H,3,5-10H2,1H3. The van der Waals surface area contributed by atoms with Gasteiger partial charge in [0.25, 0.3) is 0 Å². The molecule has 1 unspecified atom stereocenters. The monoisotopic (exact) mass is 308 g/mol. The summed E-state index contributed by atoms with van der Waals surface area (Å²) in [6.45, 7) is 1.88. The molecule has 1 aliphatic rings. The third kappa shape index (κ3) is 8.51. The van der Waals surface area contributed by atoms with Gasteiger partial charge in [-0.25, -0.2) is 0 Å². The largest absolute Gasteiger partial charge is 0.282 e. The molecule has 1 rings (SSSR count). The van der Waals surface area contributed by atoms with Crippen LogP contribution in [0.3, 0.4) is 0 Å². The molecule has 0 radical (unpaired) electrons. The van der Waals surface area contributed by atoms with E-state index < -0.39 is 0 Å². The summed E-state index contributed by atoms with van der Waals surface area (Å²) < 4.78 is 0. The van der Waals surface area contributed by atoms with Crippen molar-refractivity contribution >= 4 is 52.2 Å². The van der Waals surface area contributed by atoms with E-state index in [0.717, 1.165) is 17.4 Å². The van der Waals surface area contributed by atoms with Crippen LogP contribution in [0.25, 0.3) is 0 Å². The maximum Gasteiger partial charge on any atom is 0.211 e. The van der Waals surface area contributed by atoms with Crippen LogP contribution in [0.4, 0.5) is 0 Å². The van der Waals surface area contributed by atoms with Crippen LogP contribution in [0.5, 0.6) is 0 Å². The minimum Gasteiger partial charge on any atom is -0.282 e. The molecule has 0 aliphatic carbocycles. The Morgan fingerprint density at radius 2 is 2.29 bits per heavy atom. The van der Waals surface area contributed by atoms with Crippen molar-refractivity contribution in [3.63, 3.8) is 0 Å². The van der Waals surface area contributed by atoms with Crippen molar-refractivity contribution in [3.05, 3.63) is 12.2 Å². The van der Waals surface area contributed by atoms with Crippen molar-refractivity contribution in [3.8, 4) is 0 Å². The fourth-order valence-electron chi connectivity index (χ4n) is 1.37. The summed E-state index contributed by atoms with van der Waals surface area (Å²) in [7, 11) is 0. The lowest BCUT2D eigenvalue weighted by Gasteiger charge is -2.06. The molecule has 0 spiro atoms.